The quantitative estimate of drug-likeness (QED) is 0.290. The number of carbonyl (C=O) groups excluding carboxylic acids is 1. The van der Waals surface area contributed by atoms with Gasteiger partial charge in [-0.15, -0.1) is 28.5 Å². The maximum absolute atomic E-state index is 12.3. The highest BCUT2D eigenvalue weighted by Crippen LogP contribution is 2.23. The molecule has 7 nitrogen and oxygen atoms in total. The fraction of sp³-hybridized carbons (Fsp3) is 0.182. The van der Waals surface area contributed by atoms with Gasteiger partial charge in [-0.3, -0.25) is 4.79 Å². The van der Waals surface area contributed by atoms with Crippen molar-refractivity contribution in [2.45, 2.75) is 23.2 Å². The van der Waals surface area contributed by atoms with Gasteiger partial charge in [0.05, 0.1) is 17.1 Å². The molecule has 2 N–H and O–H groups in total. The maximum Gasteiger partial charge on any atom is 0.335 e. The van der Waals surface area contributed by atoms with Gasteiger partial charge in [0.25, 0.3) is 0 Å². The molecular weight excluding hydrogens is 468 g/mol. The van der Waals surface area contributed by atoms with Gasteiger partial charge in [0, 0.05) is 23.0 Å². The summed E-state index contributed by atoms with van der Waals surface area (Å²) in [4.78, 5) is 23.4. The van der Waals surface area contributed by atoms with Gasteiger partial charge in [0.15, 0.2) is 5.16 Å². The maximum atomic E-state index is 12.3. The smallest absolute Gasteiger partial charge is 0.335 e. The molecule has 0 unspecified atom stereocenters. The van der Waals surface area contributed by atoms with Crippen LogP contribution < -0.4 is 5.32 Å². The van der Waals surface area contributed by atoms with Crippen molar-refractivity contribution >= 4 is 52.7 Å². The normalized spacial score (nSPS) is 10.7. The lowest BCUT2D eigenvalue weighted by Crippen LogP contribution is -2.15. The third-order valence-corrected chi connectivity index (χ3v) is 6.46. The molecule has 1 amide bonds. The number of nitrogens with zero attached hydrogens (tertiary/aromatic N) is 3. The molecule has 0 saturated carbocycles. The fourth-order valence-corrected chi connectivity index (χ4v) is 4.56. The summed E-state index contributed by atoms with van der Waals surface area (Å²) in [6.07, 6.45) is 1.76. The molecule has 166 valence electrons. The number of carboxylic acids is 1. The second-order valence-corrected chi connectivity index (χ2v) is 9.00. The standard InChI is InChI=1S/C22H21ClN4O3S2/c1-2-10-27-19(13-31-12-15-6-8-17(23)9-7-15)25-26-22(27)32-14-20(28)24-18-5-3-4-16(11-18)21(29)30/h2-9,11H,1,10,12-14H2,(H,24,28)(H,29,30). The van der Waals surface area contributed by atoms with Crippen molar-refractivity contribution < 1.29 is 14.7 Å². The first kappa shape index (κ1) is 23.9. The number of benzene rings is 2. The Bertz CT molecular complexity index is 1100. The monoisotopic (exact) mass is 488 g/mol. The zero-order valence-corrected chi connectivity index (χ0v) is 19.4. The molecule has 1 heterocycles. The Morgan fingerprint density at radius 2 is 1.94 bits per heavy atom. The Labute approximate surface area is 199 Å². The molecule has 0 aliphatic carbocycles. The molecule has 3 aromatic rings. The third-order valence-electron chi connectivity index (χ3n) is 4.24. The van der Waals surface area contributed by atoms with Crippen LogP contribution in [0.5, 0.6) is 0 Å². The van der Waals surface area contributed by atoms with Crippen molar-refractivity contribution in [1.29, 1.82) is 0 Å². The summed E-state index contributed by atoms with van der Waals surface area (Å²) < 4.78 is 1.94. The average molecular weight is 489 g/mol. The molecule has 0 bridgehead atoms. The number of allylic oxidation sites excluding steroid dienone is 1. The molecule has 3 rings (SSSR count). The van der Waals surface area contributed by atoms with Gasteiger partial charge >= 0.3 is 5.97 Å². The Kier molecular flexibility index (Phi) is 8.78. The van der Waals surface area contributed by atoms with Crippen LogP contribution in [0.2, 0.25) is 5.02 Å². The van der Waals surface area contributed by atoms with E-state index in [1.54, 1.807) is 30.0 Å². The summed E-state index contributed by atoms with van der Waals surface area (Å²) in [5.41, 5.74) is 1.72. The molecular formula is C22H21ClN4O3S2. The predicted molar refractivity (Wildman–Crippen MR) is 129 cm³/mol. The molecule has 32 heavy (non-hydrogen) atoms. The van der Waals surface area contributed by atoms with E-state index in [9.17, 15) is 9.59 Å². The highest BCUT2D eigenvalue weighted by molar-refractivity contribution is 7.99. The average Bonchev–Trinajstić information content (AvgIpc) is 3.15. The lowest BCUT2D eigenvalue weighted by atomic mass is 10.2. The Morgan fingerprint density at radius 1 is 1.16 bits per heavy atom. The summed E-state index contributed by atoms with van der Waals surface area (Å²) in [5.74, 6) is 1.10. The number of hydrogen-bond acceptors (Lipinski definition) is 6. The van der Waals surface area contributed by atoms with Gasteiger partial charge in [-0.25, -0.2) is 4.79 Å². The van der Waals surface area contributed by atoms with Crippen molar-refractivity contribution in [1.82, 2.24) is 14.8 Å². The highest BCUT2D eigenvalue weighted by atomic mass is 35.5. The van der Waals surface area contributed by atoms with E-state index in [0.717, 1.165) is 11.6 Å². The Morgan fingerprint density at radius 3 is 2.66 bits per heavy atom. The summed E-state index contributed by atoms with van der Waals surface area (Å²) in [5, 5.41) is 21.6. The van der Waals surface area contributed by atoms with Crippen molar-refractivity contribution in [3.8, 4) is 0 Å². The first-order chi connectivity index (χ1) is 15.5. The van der Waals surface area contributed by atoms with Gasteiger partial charge in [0.2, 0.25) is 5.91 Å². The fourth-order valence-electron chi connectivity index (χ4n) is 2.74. The molecule has 1 aromatic heterocycles. The lowest BCUT2D eigenvalue weighted by Gasteiger charge is -2.08. The number of anilines is 1. The summed E-state index contributed by atoms with van der Waals surface area (Å²) in [7, 11) is 0. The van der Waals surface area contributed by atoms with Crippen molar-refractivity contribution in [2.24, 2.45) is 0 Å². The van der Waals surface area contributed by atoms with E-state index in [2.05, 4.69) is 22.1 Å². The number of aromatic carboxylic acids is 1. The molecule has 0 spiro atoms. The van der Waals surface area contributed by atoms with Crippen LogP contribution in [0.4, 0.5) is 5.69 Å². The van der Waals surface area contributed by atoms with Crippen LogP contribution in [-0.4, -0.2) is 37.5 Å². The second-order valence-electron chi connectivity index (χ2n) is 6.64. The third kappa shape index (κ3) is 6.88. The van der Waals surface area contributed by atoms with Crippen LogP contribution in [0.25, 0.3) is 0 Å². The minimum Gasteiger partial charge on any atom is -0.478 e. The van der Waals surface area contributed by atoms with Gasteiger partial charge in [-0.2, -0.15) is 0 Å². The van der Waals surface area contributed by atoms with Crippen molar-refractivity contribution in [2.75, 3.05) is 11.1 Å². The number of amides is 1. The summed E-state index contributed by atoms with van der Waals surface area (Å²) in [6.45, 7) is 4.33. The van der Waals surface area contributed by atoms with E-state index in [1.807, 2.05) is 28.8 Å². The number of thioether (sulfide) groups is 2. The van der Waals surface area contributed by atoms with Crippen LogP contribution in [0.3, 0.4) is 0 Å². The number of carboxylic acid groups (broad SMARTS) is 1. The number of rotatable bonds is 11. The number of nitrogens with one attached hydrogen (secondary N) is 1. The first-order valence-electron chi connectivity index (χ1n) is 9.57. The van der Waals surface area contributed by atoms with Crippen molar-refractivity contribution in [3.63, 3.8) is 0 Å². The Balaban J connectivity index is 1.56. The molecule has 0 saturated heterocycles. The van der Waals surface area contributed by atoms with Gasteiger partial charge < -0.3 is 15.0 Å². The van der Waals surface area contributed by atoms with E-state index in [1.165, 1.54) is 29.5 Å². The second kappa shape index (κ2) is 11.8. The molecule has 0 fully saturated rings. The molecule has 2 aromatic carbocycles. The van der Waals surface area contributed by atoms with Crippen molar-refractivity contribution in [3.05, 3.63) is 83.2 Å². The topological polar surface area (TPSA) is 97.1 Å². The summed E-state index contributed by atoms with van der Waals surface area (Å²) in [6, 6.07) is 13.8. The van der Waals surface area contributed by atoms with Gasteiger partial charge in [0.1, 0.15) is 5.82 Å². The summed E-state index contributed by atoms with van der Waals surface area (Å²) >= 11 is 8.90. The number of aromatic nitrogens is 3. The van der Waals surface area contributed by atoms with E-state index in [0.29, 0.717) is 28.2 Å². The number of halogens is 1. The van der Waals surface area contributed by atoms with Crippen LogP contribution in [0, 0.1) is 0 Å². The number of carbonyl (C=O) groups is 2. The van der Waals surface area contributed by atoms with E-state index < -0.39 is 5.97 Å². The minimum absolute atomic E-state index is 0.113. The van der Waals surface area contributed by atoms with Gasteiger partial charge in [-0.05, 0) is 35.9 Å². The van der Waals surface area contributed by atoms with Crippen LogP contribution in [0.1, 0.15) is 21.7 Å². The zero-order chi connectivity index (χ0) is 22.9. The lowest BCUT2D eigenvalue weighted by molar-refractivity contribution is -0.113. The zero-order valence-electron chi connectivity index (χ0n) is 17.0. The van der Waals surface area contributed by atoms with Gasteiger partial charge in [-0.1, -0.05) is 47.6 Å². The molecule has 0 aliphatic rings. The van der Waals surface area contributed by atoms with E-state index >= 15 is 0 Å². The Hall–Kier alpha value is -2.75. The molecule has 0 aliphatic heterocycles. The van der Waals surface area contributed by atoms with Crippen LogP contribution >= 0.6 is 35.1 Å². The predicted octanol–water partition coefficient (Wildman–Crippen LogP) is 4.98. The largest absolute Gasteiger partial charge is 0.478 e. The minimum atomic E-state index is -1.05. The molecule has 0 radical (unpaired) electrons. The first-order valence-corrected chi connectivity index (χ1v) is 12.1. The number of hydrogen-bond donors (Lipinski definition) is 2. The van der Waals surface area contributed by atoms with E-state index in [4.69, 9.17) is 16.7 Å². The molecule has 10 heteroatoms. The van der Waals surface area contributed by atoms with Crippen LogP contribution in [0.15, 0.2) is 66.3 Å². The molecule has 0 atom stereocenters. The SMILES string of the molecule is C=CCn1c(CSCc2ccc(Cl)cc2)nnc1SCC(=O)Nc1cccc(C(=O)O)c1. The van der Waals surface area contributed by atoms with E-state index in [-0.39, 0.29) is 17.2 Å². The highest BCUT2D eigenvalue weighted by Gasteiger charge is 2.14. The van der Waals surface area contributed by atoms with Crippen LogP contribution in [-0.2, 0) is 22.8 Å².